The molecule has 104 valence electrons. The fourth-order valence-electron chi connectivity index (χ4n) is 1.79. The number of aromatic nitrogens is 2. The van der Waals surface area contributed by atoms with Gasteiger partial charge in [0.05, 0.1) is 11.9 Å². The topological polar surface area (TPSA) is 80.0 Å². The molecular formula is C15H12N4O2. The van der Waals surface area contributed by atoms with Gasteiger partial charge in [-0.2, -0.15) is 0 Å². The van der Waals surface area contributed by atoms with Crippen LogP contribution in [0.2, 0.25) is 0 Å². The molecule has 6 heteroatoms. The van der Waals surface area contributed by atoms with Crippen molar-refractivity contribution in [3.63, 3.8) is 0 Å². The van der Waals surface area contributed by atoms with E-state index in [-0.39, 0.29) is 0 Å². The predicted molar refractivity (Wildman–Crippen MR) is 78.8 cm³/mol. The monoisotopic (exact) mass is 280 g/mol. The van der Waals surface area contributed by atoms with Crippen LogP contribution < -0.4 is 10.6 Å². The zero-order chi connectivity index (χ0) is 14.5. The molecule has 0 spiro atoms. The van der Waals surface area contributed by atoms with Gasteiger partial charge in [0.15, 0.2) is 11.6 Å². The molecule has 0 bridgehead atoms. The van der Waals surface area contributed by atoms with Crippen molar-refractivity contribution in [2.45, 2.75) is 0 Å². The molecule has 0 aliphatic rings. The van der Waals surface area contributed by atoms with Crippen LogP contribution in [0.1, 0.15) is 0 Å². The summed E-state index contributed by atoms with van der Waals surface area (Å²) in [6.07, 6.45) is 3.19. The maximum Gasteiger partial charge on any atom is 0.324 e. The van der Waals surface area contributed by atoms with E-state index in [1.807, 2.05) is 30.3 Å². The zero-order valence-corrected chi connectivity index (χ0v) is 11.0. The molecular weight excluding hydrogens is 268 g/mol. The quantitative estimate of drug-likeness (QED) is 0.770. The van der Waals surface area contributed by atoms with Gasteiger partial charge >= 0.3 is 6.03 Å². The fraction of sp³-hybridized carbons (Fsp3) is 0. The lowest BCUT2D eigenvalue weighted by Crippen LogP contribution is -2.19. The van der Waals surface area contributed by atoms with Crippen molar-refractivity contribution in [2.24, 2.45) is 0 Å². The molecule has 21 heavy (non-hydrogen) atoms. The van der Waals surface area contributed by atoms with Gasteiger partial charge in [-0.05, 0) is 12.1 Å². The minimum Gasteiger partial charge on any atom is -0.354 e. The number of hydrogen-bond acceptors (Lipinski definition) is 4. The minimum absolute atomic E-state index is 0.343. The fourth-order valence-corrected chi connectivity index (χ4v) is 1.79. The van der Waals surface area contributed by atoms with E-state index in [9.17, 15) is 4.79 Å². The van der Waals surface area contributed by atoms with Crippen molar-refractivity contribution < 1.29 is 9.32 Å². The Kier molecular flexibility index (Phi) is 3.60. The SMILES string of the molecule is O=C(Nc1cccnc1)Nc1cc(-c2ccccc2)on1. The minimum atomic E-state index is -0.407. The third-order valence-electron chi connectivity index (χ3n) is 2.73. The molecule has 3 aromatic rings. The number of urea groups is 1. The molecule has 0 unspecified atom stereocenters. The number of nitrogens with one attached hydrogen (secondary N) is 2. The summed E-state index contributed by atoms with van der Waals surface area (Å²) in [5.41, 5.74) is 1.49. The summed E-state index contributed by atoms with van der Waals surface area (Å²) < 4.78 is 5.20. The summed E-state index contributed by atoms with van der Waals surface area (Å²) in [7, 11) is 0. The second kappa shape index (κ2) is 5.87. The number of carbonyl (C=O) groups is 1. The highest BCUT2D eigenvalue weighted by molar-refractivity contribution is 5.99. The lowest BCUT2D eigenvalue weighted by atomic mass is 10.2. The van der Waals surface area contributed by atoms with Crippen LogP contribution in [0.5, 0.6) is 0 Å². The number of pyridine rings is 1. The highest BCUT2D eigenvalue weighted by Gasteiger charge is 2.09. The van der Waals surface area contributed by atoms with Gasteiger partial charge in [0.1, 0.15) is 0 Å². The Morgan fingerprint density at radius 1 is 1.05 bits per heavy atom. The molecule has 0 aliphatic carbocycles. The number of amides is 2. The standard InChI is InChI=1S/C15H12N4O2/c20-15(17-12-7-4-8-16-10-12)18-14-9-13(21-19-14)11-5-2-1-3-6-11/h1-10H,(H2,17,18,19,20). The van der Waals surface area contributed by atoms with Gasteiger partial charge in [0, 0.05) is 17.8 Å². The van der Waals surface area contributed by atoms with Crippen LogP contribution in [-0.4, -0.2) is 16.2 Å². The van der Waals surface area contributed by atoms with Crippen molar-refractivity contribution in [1.82, 2.24) is 10.1 Å². The molecule has 6 nitrogen and oxygen atoms in total. The van der Waals surface area contributed by atoms with Crippen LogP contribution in [0.4, 0.5) is 16.3 Å². The van der Waals surface area contributed by atoms with Crippen LogP contribution in [-0.2, 0) is 0 Å². The summed E-state index contributed by atoms with van der Waals surface area (Å²) in [5, 5.41) is 9.05. The van der Waals surface area contributed by atoms with E-state index in [2.05, 4.69) is 20.8 Å². The number of nitrogens with zero attached hydrogens (tertiary/aromatic N) is 2. The molecule has 0 radical (unpaired) electrons. The third kappa shape index (κ3) is 3.24. The molecule has 2 N–H and O–H groups in total. The number of rotatable bonds is 3. The van der Waals surface area contributed by atoms with Crippen LogP contribution in [0.15, 0.2) is 65.4 Å². The molecule has 2 amide bonds. The van der Waals surface area contributed by atoms with Gasteiger partial charge in [-0.25, -0.2) is 4.79 Å². The number of carbonyl (C=O) groups excluding carboxylic acids is 1. The van der Waals surface area contributed by atoms with Crippen molar-refractivity contribution >= 4 is 17.5 Å². The summed E-state index contributed by atoms with van der Waals surface area (Å²) >= 11 is 0. The molecule has 2 aromatic heterocycles. The summed E-state index contributed by atoms with van der Waals surface area (Å²) in [4.78, 5) is 15.7. The van der Waals surface area contributed by atoms with E-state index in [1.165, 1.54) is 0 Å². The Morgan fingerprint density at radius 2 is 1.90 bits per heavy atom. The zero-order valence-electron chi connectivity index (χ0n) is 11.0. The Labute approximate surface area is 120 Å². The van der Waals surface area contributed by atoms with Gasteiger partial charge in [-0.15, -0.1) is 0 Å². The lowest BCUT2D eigenvalue weighted by Gasteiger charge is -2.03. The van der Waals surface area contributed by atoms with E-state index in [0.717, 1.165) is 5.56 Å². The molecule has 0 atom stereocenters. The maximum atomic E-state index is 11.8. The van der Waals surface area contributed by atoms with Crippen LogP contribution in [0.3, 0.4) is 0 Å². The van der Waals surface area contributed by atoms with Gasteiger partial charge in [-0.1, -0.05) is 35.5 Å². The predicted octanol–water partition coefficient (Wildman–Crippen LogP) is 3.38. The van der Waals surface area contributed by atoms with E-state index in [4.69, 9.17) is 4.52 Å². The average Bonchev–Trinajstić information content (AvgIpc) is 2.97. The molecule has 0 saturated heterocycles. The second-order valence-electron chi connectivity index (χ2n) is 4.26. The maximum absolute atomic E-state index is 11.8. The van der Waals surface area contributed by atoms with Crippen LogP contribution in [0, 0.1) is 0 Å². The smallest absolute Gasteiger partial charge is 0.324 e. The van der Waals surface area contributed by atoms with Crippen LogP contribution >= 0.6 is 0 Å². The first kappa shape index (κ1) is 12.9. The van der Waals surface area contributed by atoms with Crippen molar-refractivity contribution in [1.29, 1.82) is 0 Å². The number of anilines is 2. The first-order valence-corrected chi connectivity index (χ1v) is 6.31. The lowest BCUT2D eigenvalue weighted by molar-refractivity contribution is 0.262. The Bertz CT molecular complexity index is 726. The molecule has 0 fully saturated rings. The van der Waals surface area contributed by atoms with Crippen molar-refractivity contribution in [3.05, 3.63) is 60.9 Å². The highest BCUT2D eigenvalue weighted by atomic mass is 16.5. The highest BCUT2D eigenvalue weighted by Crippen LogP contribution is 2.21. The normalized spacial score (nSPS) is 10.1. The van der Waals surface area contributed by atoms with E-state index in [0.29, 0.717) is 17.3 Å². The molecule has 3 rings (SSSR count). The van der Waals surface area contributed by atoms with Crippen LogP contribution in [0.25, 0.3) is 11.3 Å². The van der Waals surface area contributed by atoms with E-state index < -0.39 is 6.03 Å². The molecule has 2 heterocycles. The van der Waals surface area contributed by atoms with Crippen molar-refractivity contribution in [3.8, 4) is 11.3 Å². The largest absolute Gasteiger partial charge is 0.354 e. The Balaban J connectivity index is 1.66. The molecule has 0 saturated carbocycles. The second-order valence-corrected chi connectivity index (χ2v) is 4.26. The third-order valence-corrected chi connectivity index (χ3v) is 2.73. The number of hydrogen-bond donors (Lipinski definition) is 2. The Morgan fingerprint density at radius 3 is 2.67 bits per heavy atom. The molecule has 0 aliphatic heterocycles. The van der Waals surface area contributed by atoms with Gasteiger partial charge in [0.2, 0.25) is 0 Å². The van der Waals surface area contributed by atoms with Gasteiger partial charge in [0.25, 0.3) is 0 Å². The van der Waals surface area contributed by atoms with E-state index in [1.54, 1.807) is 30.6 Å². The Hall–Kier alpha value is -3.15. The average molecular weight is 280 g/mol. The van der Waals surface area contributed by atoms with Gasteiger partial charge in [-0.3, -0.25) is 10.3 Å². The molecule has 1 aromatic carbocycles. The number of benzene rings is 1. The summed E-state index contributed by atoms with van der Waals surface area (Å²) in [6, 6.07) is 14.3. The van der Waals surface area contributed by atoms with Crippen molar-refractivity contribution in [2.75, 3.05) is 10.6 Å². The van der Waals surface area contributed by atoms with E-state index >= 15 is 0 Å². The summed E-state index contributed by atoms with van der Waals surface area (Å²) in [6.45, 7) is 0. The first-order valence-electron chi connectivity index (χ1n) is 6.31. The van der Waals surface area contributed by atoms with Gasteiger partial charge < -0.3 is 9.84 Å². The summed E-state index contributed by atoms with van der Waals surface area (Å²) in [5.74, 6) is 0.933. The first-order chi connectivity index (χ1) is 10.3.